The third-order valence-electron chi connectivity index (χ3n) is 8.55. The van der Waals surface area contributed by atoms with E-state index in [2.05, 4.69) is 25.5 Å². The first-order chi connectivity index (χ1) is 18.8. The molecule has 11 heteroatoms. The number of nitrogens with zero attached hydrogens (tertiary/aromatic N) is 3. The van der Waals surface area contributed by atoms with Gasteiger partial charge in [-0.05, 0) is 52.1 Å². The van der Waals surface area contributed by atoms with E-state index in [-0.39, 0.29) is 35.5 Å². The van der Waals surface area contributed by atoms with Gasteiger partial charge in [-0.2, -0.15) is 0 Å². The second-order valence-corrected chi connectivity index (χ2v) is 11.3. The molecule has 2 bridgehead atoms. The maximum absolute atomic E-state index is 14.6. The summed E-state index contributed by atoms with van der Waals surface area (Å²) in [6, 6.07) is 3.91. The fourth-order valence-electron chi connectivity index (χ4n) is 6.83. The van der Waals surface area contributed by atoms with E-state index in [9.17, 15) is 18.0 Å². The van der Waals surface area contributed by atoms with Crippen LogP contribution in [0.2, 0.25) is 0 Å². The van der Waals surface area contributed by atoms with E-state index in [1.165, 1.54) is 31.4 Å². The van der Waals surface area contributed by atoms with Crippen molar-refractivity contribution in [1.82, 2.24) is 20.2 Å². The largest absolute Gasteiger partial charge is 0.365 e. The molecule has 2 N–H and O–H groups in total. The number of anilines is 1. The minimum Gasteiger partial charge on any atom is -0.365 e. The van der Waals surface area contributed by atoms with Crippen LogP contribution >= 0.6 is 0 Å². The first-order valence-electron chi connectivity index (χ1n) is 13.7. The van der Waals surface area contributed by atoms with Crippen LogP contribution in [0.4, 0.5) is 19.0 Å². The predicted molar refractivity (Wildman–Crippen MR) is 137 cm³/mol. The summed E-state index contributed by atoms with van der Waals surface area (Å²) in [6.07, 6.45) is 3.10. The highest BCUT2D eigenvalue weighted by atomic mass is 19.3. The molecule has 2 aromatic rings. The molecule has 2 aliphatic heterocycles. The Morgan fingerprint density at radius 1 is 1.13 bits per heavy atom. The standard InChI is InChI=1S/C28H34F3N5O3/c1-17-33-20(12-21(37)35-27-14-28(15-27,16-27)36-8-3-2-4-9-36)22(26-38-10-11-39-26)25(34-17)32-13-18-6-5-7-19(23(18)29)24(30)31/h5-7,24,26H,2-4,8-16H2,1H3,(H,35,37)(H,32,33,34). The van der Waals surface area contributed by atoms with Crippen molar-refractivity contribution in [2.75, 3.05) is 31.6 Å². The molecule has 39 heavy (non-hydrogen) atoms. The van der Waals surface area contributed by atoms with E-state index < -0.39 is 24.1 Å². The number of aromatic nitrogens is 2. The van der Waals surface area contributed by atoms with Crippen molar-refractivity contribution < 1.29 is 27.4 Å². The van der Waals surface area contributed by atoms with Gasteiger partial charge in [-0.1, -0.05) is 24.6 Å². The molecule has 1 aromatic heterocycles. The number of likely N-dealkylation sites (tertiary alicyclic amines) is 1. The van der Waals surface area contributed by atoms with Gasteiger partial charge in [0.1, 0.15) is 17.5 Å². The monoisotopic (exact) mass is 545 g/mol. The Hall–Kier alpha value is -2.76. The summed E-state index contributed by atoms with van der Waals surface area (Å²) in [5, 5.41) is 6.32. The molecule has 0 unspecified atom stereocenters. The fraction of sp³-hybridized carbons (Fsp3) is 0.607. The number of piperidine rings is 1. The van der Waals surface area contributed by atoms with Crippen LogP contribution in [0.25, 0.3) is 0 Å². The summed E-state index contributed by atoms with van der Waals surface area (Å²) in [6.45, 7) is 4.67. The lowest BCUT2D eigenvalue weighted by molar-refractivity contribution is -0.186. The van der Waals surface area contributed by atoms with Gasteiger partial charge in [-0.3, -0.25) is 9.69 Å². The van der Waals surface area contributed by atoms with Gasteiger partial charge >= 0.3 is 0 Å². The Balaban J connectivity index is 1.17. The number of halogens is 3. The van der Waals surface area contributed by atoms with Crippen LogP contribution in [-0.2, 0) is 27.2 Å². The zero-order chi connectivity index (χ0) is 27.2. The molecule has 210 valence electrons. The third-order valence-corrected chi connectivity index (χ3v) is 8.55. The third kappa shape index (κ3) is 5.00. The topological polar surface area (TPSA) is 88.6 Å². The molecule has 0 spiro atoms. The van der Waals surface area contributed by atoms with Crippen LogP contribution in [0.3, 0.4) is 0 Å². The van der Waals surface area contributed by atoms with Gasteiger partial charge in [-0.25, -0.2) is 23.1 Å². The number of alkyl halides is 2. The molecule has 2 saturated heterocycles. The van der Waals surface area contributed by atoms with Crippen LogP contribution in [-0.4, -0.2) is 58.2 Å². The second-order valence-electron chi connectivity index (χ2n) is 11.3. The van der Waals surface area contributed by atoms with Crippen molar-refractivity contribution >= 4 is 11.7 Å². The van der Waals surface area contributed by atoms with Gasteiger partial charge in [0.15, 0.2) is 6.29 Å². The van der Waals surface area contributed by atoms with Crippen molar-refractivity contribution in [2.24, 2.45) is 0 Å². The Morgan fingerprint density at radius 2 is 1.85 bits per heavy atom. The Bertz CT molecular complexity index is 1230. The van der Waals surface area contributed by atoms with Crippen molar-refractivity contribution in [3.8, 4) is 0 Å². The normalized spacial score (nSPS) is 26.8. The lowest BCUT2D eigenvalue weighted by Gasteiger charge is -2.74. The number of amides is 1. The van der Waals surface area contributed by atoms with Gasteiger partial charge in [0.05, 0.1) is 36.5 Å². The summed E-state index contributed by atoms with van der Waals surface area (Å²) in [5.74, 6) is -0.339. The number of nitrogens with one attached hydrogen (secondary N) is 2. The number of carbonyl (C=O) groups is 1. The maximum atomic E-state index is 14.6. The first kappa shape index (κ1) is 26.5. The van der Waals surface area contributed by atoms with E-state index in [1.54, 1.807) is 6.92 Å². The van der Waals surface area contributed by atoms with Crippen molar-refractivity contribution in [3.05, 3.63) is 52.2 Å². The van der Waals surface area contributed by atoms with E-state index in [4.69, 9.17) is 9.47 Å². The molecule has 0 radical (unpaired) electrons. The van der Waals surface area contributed by atoms with Crippen molar-refractivity contribution in [1.29, 1.82) is 0 Å². The molecule has 3 saturated carbocycles. The van der Waals surface area contributed by atoms with Gasteiger partial charge in [0.2, 0.25) is 5.91 Å². The molecule has 3 heterocycles. The highest BCUT2D eigenvalue weighted by Gasteiger charge is 2.70. The van der Waals surface area contributed by atoms with Gasteiger partial charge < -0.3 is 20.1 Å². The number of hydrogen-bond donors (Lipinski definition) is 2. The van der Waals surface area contributed by atoms with Crippen molar-refractivity contribution in [2.45, 2.75) is 82.2 Å². The highest BCUT2D eigenvalue weighted by molar-refractivity contribution is 5.80. The summed E-state index contributed by atoms with van der Waals surface area (Å²) in [4.78, 5) is 24.9. The van der Waals surface area contributed by atoms with Gasteiger partial charge in [-0.15, -0.1) is 0 Å². The number of hydrogen-bond acceptors (Lipinski definition) is 7. The summed E-state index contributed by atoms with van der Waals surface area (Å²) in [7, 11) is 0. The van der Waals surface area contributed by atoms with Crippen LogP contribution in [0.5, 0.6) is 0 Å². The smallest absolute Gasteiger partial charge is 0.266 e. The number of aryl methyl sites for hydroxylation is 1. The average Bonchev–Trinajstić information content (AvgIpc) is 3.39. The molecule has 5 aliphatic rings. The molecule has 5 fully saturated rings. The minimum atomic E-state index is -2.91. The molecule has 0 atom stereocenters. The lowest BCUT2D eigenvalue weighted by atomic mass is 9.43. The molecule has 3 aliphatic carbocycles. The van der Waals surface area contributed by atoms with E-state index in [1.807, 2.05) is 0 Å². The fourth-order valence-corrected chi connectivity index (χ4v) is 6.83. The van der Waals surface area contributed by atoms with Gasteiger partial charge in [0, 0.05) is 23.2 Å². The first-order valence-corrected chi connectivity index (χ1v) is 13.7. The molecule has 1 amide bonds. The van der Waals surface area contributed by atoms with E-state index >= 15 is 0 Å². The second kappa shape index (κ2) is 10.3. The van der Waals surface area contributed by atoms with Crippen molar-refractivity contribution in [3.63, 3.8) is 0 Å². The molecular weight excluding hydrogens is 511 g/mol. The Morgan fingerprint density at radius 3 is 2.54 bits per heavy atom. The summed E-state index contributed by atoms with van der Waals surface area (Å²) >= 11 is 0. The lowest BCUT2D eigenvalue weighted by Crippen LogP contribution is -2.84. The zero-order valence-electron chi connectivity index (χ0n) is 22.1. The van der Waals surface area contributed by atoms with Crippen LogP contribution in [0, 0.1) is 12.7 Å². The van der Waals surface area contributed by atoms with Crippen LogP contribution in [0.1, 0.15) is 79.4 Å². The average molecular weight is 546 g/mol. The maximum Gasteiger partial charge on any atom is 0.266 e. The quantitative estimate of drug-likeness (QED) is 0.485. The number of carbonyl (C=O) groups excluding carboxylic acids is 1. The van der Waals surface area contributed by atoms with E-state index in [0.717, 1.165) is 38.4 Å². The Kier molecular flexibility index (Phi) is 7.01. The molecule has 1 aromatic carbocycles. The highest BCUT2D eigenvalue weighted by Crippen LogP contribution is 2.63. The SMILES string of the molecule is Cc1nc(CC(=O)NC23CC(N4CCCCC4)(C2)C3)c(C2OCCO2)c(NCc2cccc(C(F)F)c2F)n1. The zero-order valence-corrected chi connectivity index (χ0v) is 22.1. The predicted octanol–water partition coefficient (Wildman–Crippen LogP) is 4.34. The molecular formula is C28H34F3N5O3. The van der Waals surface area contributed by atoms with Gasteiger partial charge in [0.25, 0.3) is 6.43 Å². The Labute approximate surface area is 225 Å². The number of benzene rings is 1. The summed E-state index contributed by atoms with van der Waals surface area (Å²) in [5.41, 5.74) is 0.502. The molecule has 8 nitrogen and oxygen atoms in total. The number of rotatable bonds is 9. The van der Waals surface area contributed by atoms with Crippen LogP contribution in [0.15, 0.2) is 18.2 Å². The molecule has 7 rings (SSSR count). The number of ether oxygens (including phenoxy) is 2. The van der Waals surface area contributed by atoms with E-state index in [0.29, 0.717) is 36.1 Å². The summed E-state index contributed by atoms with van der Waals surface area (Å²) < 4.78 is 52.5. The minimum absolute atomic E-state index is 0.0181. The van der Waals surface area contributed by atoms with Crippen LogP contribution < -0.4 is 10.6 Å².